The Morgan fingerprint density at radius 1 is 1.82 bits per heavy atom. The summed E-state index contributed by atoms with van der Waals surface area (Å²) in [7, 11) is 0. The molecule has 0 saturated heterocycles. The Labute approximate surface area is 72.9 Å². The van der Waals surface area contributed by atoms with Gasteiger partial charge in [-0.3, -0.25) is 4.79 Å². The largest absolute Gasteiger partial charge is 0.481 e. The van der Waals surface area contributed by atoms with Gasteiger partial charge in [0.1, 0.15) is 0 Å². The molecule has 1 heterocycles. The number of rotatable bonds is 2. The van der Waals surface area contributed by atoms with Crippen LogP contribution in [0.2, 0.25) is 0 Å². The molecule has 1 unspecified atom stereocenters. The van der Waals surface area contributed by atoms with Crippen molar-refractivity contribution in [3.63, 3.8) is 0 Å². The zero-order valence-corrected chi connectivity index (χ0v) is 7.34. The third-order valence-electron chi connectivity index (χ3n) is 1.32. The summed E-state index contributed by atoms with van der Waals surface area (Å²) in [6.45, 7) is 0. The van der Waals surface area contributed by atoms with Gasteiger partial charge in [-0.05, 0) is 22.0 Å². The van der Waals surface area contributed by atoms with E-state index in [1.54, 1.807) is 6.20 Å². The molecule has 1 aliphatic rings. The third kappa shape index (κ3) is 2.76. The van der Waals surface area contributed by atoms with E-state index in [1.165, 1.54) is 0 Å². The molecule has 1 atom stereocenters. The normalized spacial score (nSPS) is 22.3. The van der Waals surface area contributed by atoms with E-state index >= 15 is 0 Å². The van der Waals surface area contributed by atoms with Crippen LogP contribution in [0.4, 0.5) is 0 Å². The minimum atomic E-state index is -0.793. The Hall–Kier alpha value is -0.770. The lowest BCUT2D eigenvalue weighted by Gasteiger charge is -2.14. The predicted molar refractivity (Wildman–Crippen MR) is 45.3 cm³/mol. The van der Waals surface area contributed by atoms with Gasteiger partial charge in [0.05, 0.1) is 12.5 Å². The Balaban J connectivity index is 2.43. The highest BCUT2D eigenvalue weighted by molar-refractivity contribution is 9.11. The third-order valence-corrected chi connectivity index (χ3v) is 1.81. The topological polar surface area (TPSA) is 49.3 Å². The highest BCUT2D eigenvalue weighted by atomic mass is 79.9. The molecule has 2 N–H and O–H groups in total. The fourth-order valence-electron chi connectivity index (χ4n) is 0.813. The molecule has 3 nitrogen and oxygen atoms in total. The summed E-state index contributed by atoms with van der Waals surface area (Å²) in [6.07, 6.45) is 5.52. The van der Waals surface area contributed by atoms with Gasteiger partial charge in [-0.2, -0.15) is 0 Å². The summed E-state index contributed by atoms with van der Waals surface area (Å²) in [6, 6.07) is -0.0752. The van der Waals surface area contributed by atoms with Gasteiger partial charge in [-0.1, -0.05) is 6.08 Å². The lowest BCUT2D eigenvalue weighted by molar-refractivity contribution is -0.137. The standard InChI is InChI=1S/C7H8BrNO2/c8-5-1-2-6(9-4-5)3-7(10)11/h1-2,4,6,9H,3H2,(H,10,11). The van der Waals surface area contributed by atoms with Crippen LogP contribution >= 0.6 is 15.9 Å². The molecule has 1 rings (SSSR count). The Morgan fingerprint density at radius 2 is 2.55 bits per heavy atom. The van der Waals surface area contributed by atoms with Crippen LogP contribution in [0.15, 0.2) is 22.8 Å². The quantitative estimate of drug-likeness (QED) is 0.732. The number of carbonyl (C=O) groups is 1. The summed E-state index contributed by atoms with van der Waals surface area (Å²) in [5, 5.41) is 11.3. The minimum absolute atomic E-state index is 0.0752. The molecule has 0 fully saturated rings. The first-order chi connectivity index (χ1) is 5.18. The smallest absolute Gasteiger partial charge is 0.305 e. The number of aliphatic carboxylic acids is 1. The second-order valence-electron chi connectivity index (χ2n) is 2.26. The molecule has 0 saturated carbocycles. The fourth-order valence-corrected chi connectivity index (χ4v) is 1.10. The van der Waals surface area contributed by atoms with Crippen molar-refractivity contribution in [2.75, 3.05) is 0 Å². The zero-order chi connectivity index (χ0) is 8.27. The SMILES string of the molecule is O=C(O)CC1C=CC(Br)=CN1. The number of hydrogen-bond acceptors (Lipinski definition) is 2. The second kappa shape index (κ2) is 3.57. The van der Waals surface area contributed by atoms with Crippen molar-refractivity contribution in [3.05, 3.63) is 22.8 Å². The van der Waals surface area contributed by atoms with Crippen molar-refractivity contribution in [2.45, 2.75) is 12.5 Å². The Kier molecular flexibility index (Phi) is 2.70. The second-order valence-corrected chi connectivity index (χ2v) is 3.18. The summed E-state index contributed by atoms with van der Waals surface area (Å²) < 4.78 is 0.930. The number of nitrogens with one attached hydrogen (secondary N) is 1. The number of hydrogen-bond donors (Lipinski definition) is 2. The maximum absolute atomic E-state index is 10.2. The molecule has 60 valence electrons. The van der Waals surface area contributed by atoms with Crippen LogP contribution in [0.3, 0.4) is 0 Å². The number of allylic oxidation sites excluding steroid dienone is 2. The van der Waals surface area contributed by atoms with E-state index in [0.717, 1.165) is 4.48 Å². The molecule has 0 bridgehead atoms. The van der Waals surface area contributed by atoms with Crippen LogP contribution in [0.1, 0.15) is 6.42 Å². The van der Waals surface area contributed by atoms with Crippen molar-refractivity contribution < 1.29 is 9.90 Å². The van der Waals surface area contributed by atoms with E-state index in [0.29, 0.717) is 0 Å². The van der Waals surface area contributed by atoms with Gasteiger partial charge < -0.3 is 10.4 Å². The van der Waals surface area contributed by atoms with Crippen molar-refractivity contribution >= 4 is 21.9 Å². The first kappa shape index (κ1) is 8.33. The monoisotopic (exact) mass is 217 g/mol. The van der Waals surface area contributed by atoms with E-state index in [1.807, 2.05) is 12.2 Å². The Bertz CT molecular complexity index is 222. The summed E-state index contributed by atoms with van der Waals surface area (Å²) in [5.74, 6) is -0.793. The van der Waals surface area contributed by atoms with Gasteiger partial charge in [-0.15, -0.1) is 0 Å². The van der Waals surface area contributed by atoms with Crippen LogP contribution in [0.25, 0.3) is 0 Å². The summed E-state index contributed by atoms with van der Waals surface area (Å²) >= 11 is 3.25. The van der Waals surface area contributed by atoms with Gasteiger partial charge in [-0.25, -0.2) is 0 Å². The number of halogens is 1. The summed E-state index contributed by atoms with van der Waals surface area (Å²) in [4.78, 5) is 10.2. The van der Waals surface area contributed by atoms with E-state index in [2.05, 4.69) is 21.2 Å². The average molecular weight is 218 g/mol. The van der Waals surface area contributed by atoms with Gasteiger partial charge in [0, 0.05) is 10.7 Å². The minimum Gasteiger partial charge on any atom is -0.481 e. The molecule has 0 aliphatic carbocycles. The van der Waals surface area contributed by atoms with Crippen LogP contribution in [0.5, 0.6) is 0 Å². The number of dihydropyridines is 1. The van der Waals surface area contributed by atoms with Crippen molar-refractivity contribution in [2.24, 2.45) is 0 Å². The first-order valence-corrected chi connectivity index (χ1v) is 3.99. The first-order valence-electron chi connectivity index (χ1n) is 3.20. The van der Waals surface area contributed by atoms with Crippen molar-refractivity contribution in [1.29, 1.82) is 0 Å². The predicted octanol–water partition coefficient (Wildman–Crippen LogP) is 1.23. The lowest BCUT2D eigenvalue weighted by atomic mass is 10.1. The van der Waals surface area contributed by atoms with E-state index in [-0.39, 0.29) is 12.5 Å². The molecule has 1 aliphatic heterocycles. The molecular formula is C7H8BrNO2. The molecule has 0 spiro atoms. The summed E-state index contributed by atoms with van der Waals surface area (Å²) in [5.41, 5.74) is 0. The molecule has 4 heteroatoms. The van der Waals surface area contributed by atoms with Gasteiger partial charge in [0.2, 0.25) is 0 Å². The van der Waals surface area contributed by atoms with Crippen LogP contribution in [-0.2, 0) is 4.79 Å². The van der Waals surface area contributed by atoms with E-state index < -0.39 is 5.97 Å². The van der Waals surface area contributed by atoms with Crippen molar-refractivity contribution in [1.82, 2.24) is 5.32 Å². The number of carboxylic acids is 1. The fraction of sp³-hybridized carbons (Fsp3) is 0.286. The molecule has 0 aromatic carbocycles. The Morgan fingerprint density at radius 3 is 3.00 bits per heavy atom. The average Bonchev–Trinajstić information content (AvgIpc) is 1.93. The molecular weight excluding hydrogens is 210 g/mol. The van der Waals surface area contributed by atoms with Crippen LogP contribution in [-0.4, -0.2) is 17.1 Å². The van der Waals surface area contributed by atoms with Gasteiger partial charge in [0.25, 0.3) is 0 Å². The van der Waals surface area contributed by atoms with Crippen LogP contribution in [0, 0.1) is 0 Å². The number of carboxylic acid groups (broad SMARTS) is 1. The van der Waals surface area contributed by atoms with E-state index in [4.69, 9.17) is 5.11 Å². The highest BCUT2D eigenvalue weighted by Gasteiger charge is 2.09. The molecule has 0 amide bonds. The maximum atomic E-state index is 10.2. The molecule has 0 radical (unpaired) electrons. The van der Waals surface area contributed by atoms with Crippen LogP contribution < -0.4 is 5.32 Å². The van der Waals surface area contributed by atoms with Crippen molar-refractivity contribution in [3.8, 4) is 0 Å². The van der Waals surface area contributed by atoms with Gasteiger partial charge in [0.15, 0.2) is 0 Å². The lowest BCUT2D eigenvalue weighted by Crippen LogP contribution is -2.26. The van der Waals surface area contributed by atoms with Gasteiger partial charge >= 0.3 is 5.97 Å². The molecule has 11 heavy (non-hydrogen) atoms. The molecule has 0 aromatic rings. The molecule has 0 aromatic heterocycles. The zero-order valence-electron chi connectivity index (χ0n) is 5.75. The van der Waals surface area contributed by atoms with E-state index in [9.17, 15) is 4.79 Å². The highest BCUT2D eigenvalue weighted by Crippen LogP contribution is 2.11. The maximum Gasteiger partial charge on any atom is 0.305 e.